The number of nitrogens with zero attached hydrogens (tertiary/aromatic N) is 1. The first-order valence-electron chi connectivity index (χ1n) is 8.38. The first-order valence-corrected chi connectivity index (χ1v) is 8.38. The third-order valence-electron chi connectivity index (χ3n) is 3.72. The number of non-ortho nitro benzene ring substituents is 1. The Morgan fingerprint density at radius 2 is 2.07 bits per heavy atom. The maximum atomic E-state index is 12.1. The molecule has 0 radical (unpaired) electrons. The Morgan fingerprint density at radius 3 is 2.75 bits per heavy atom. The fourth-order valence-corrected chi connectivity index (χ4v) is 2.49. The van der Waals surface area contributed by atoms with Crippen LogP contribution in [0.3, 0.4) is 0 Å². The van der Waals surface area contributed by atoms with Crippen LogP contribution in [0.4, 0.5) is 10.5 Å². The average molecular weight is 389 g/mol. The molecule has 0 saturated heterocycles. The topological polar surface area (TPSA) is 137 Å². The molecule has 0 unspecified atom stereocenters. The zero-order valence-corrected chi connectivity index (χ0v) is 15.3. The predicted molar refractivity (Wildman–Crippen MR) is 97.9 cm³/mol. The maximum Gasteiger partial charge on any atom is 0.338 e. The van der Waals surface area contributed by atoms with Gasteiger partial charge in [0.1, 0.15) is 6.61 Å². The molecule has 1 aliphatic rings. The van der Waals surface area contributed by atoms with E-state index in [1.807, 2.05) is 0 Å². The summed E-state index contributed by atoms with van der Waals surface area (Å²) in [5, 5.41) is 15.7. The fraction of sp³-hybridized carbons (Fsp3) is 0.278. The molecule has 0 bridgehead atoms. The summed E-state index contributed by atoms with van der Waals surface area (Å²) in [6.07, 6.45) is 2.45. The Labute approximate surface area is 160 Å². The van der Waals surface area contributed by atoms with Crippen molar-refractivity contribution in [2.45, 2.75) is 19.9 Å². The van der Waals surface area contributed by atoms with E-state index in [0.717, 1.165) is 6.08 Å². The predicted octanol–water partition coefficient (Wildman–Crippen LogP) is 1.67. The van der Waals surface area contributed by atoms with Gasteiger partial charge in [-0.3, -0.25) is 10.1 Å². The van der Waals surface area contributed by atoms with Crippen molar-refractivity contribution in [3.63, 3.8) is 0 Å². The van der Waals surface area contributed by atoms with Crippen LogP contribution in [0.25, 0.3) is 6.08 Å². The summed E-state index contributed by atoms with van der Waals surface area (Å²) in [6, 6.07) is 4.58. The number of urea groups is 1. The molecule has 10 heteroatoms. The second-order valence-electron chi connectivity index (χ2n) is 5.73. The van der Waals surface area contributed by atoms with E-state index in [1.165, 1.54) is 24.3 Å². The average Bonchev–Trinajstić information content (AvgIpc) is 2.64. The van der Waals surface area contributed by atoms with Crippen LogP contribution in [0.5, 0.6) is 0 Å². The summed E-state index contributed by atoms with van der Waals surface area (Å²) < 4.78 is 10.0. The molecule has 0 aliphatic carbocycles. The monoisotopic (exact) mass is 389 g/mol. The van der Waals surface area contributed by atoms with Crippen LogP contribution in [-0.2, 0) is 19.1 Å². The molecule has 1 aromatic rings. The number of nitro benzene ring substituents is 1. The number of nitro groups is 1. The molecule has 148 valence electrons. The van der Waals surface area contributed by atoms with Gasteiger partial charge in [-0.15, -0.1) is 0 Å². The van der Waals surface area contributed by atoms with Crippen LogP contribution in [0, 0.1) is 10.1 Å². The number of carbonyl (C=O) groups is 3. The van der Waals surface area contributed by atoms with Gasteiger partial charge in [0.15, 0.2) is 0 Å². The lowest BCUT2D eigenvalue weighted by Gasteiger charge is -2.26. The van der Waals surface area contributed by atoms with E-state index in [2.05, 4.69) is 10.6 Å². The normalized spacial score (nSPS) is 16.4. The van der Waals surface area contributed by atoms with Gasteiger partial charge in [-0.2, -0.15) is 0 Å². The minimum atomic E-state index is -0.748. The highest BCUT2D eigenvalue weighted by atomic mass is 16.6. The van der Waals surface area contributed by atoms with Gasteiger partial charge in [-0.25, -0.2) is 14.4 Å². The first-order chi connectivity index (χ1) is 13.3. The number of esters is 2. The third kappa shape index (κ3) is 5.40. The Balaban J connectivity index is 2.07. The molecule has 28 heavy (non-hydrogen) atoms. The molecule has 1 aliphatic heterocycles. The Kier molecular flexibility index (Phi) is 6.85. The molecule has 0 saturated carbocycles. The smallest absolute Gasteiger partial charge is 0.338 e. The Hall–Kier alpha value is -3.69. The van der Waals surface area contributed by atoms with Gasteiger partial charge in [0.05, 0.1) is 28.8 Å². The molecule has 2 rings (SSSR count). The molecular weight excluding hydrogens is 370 g/mol. The summed E-state index contributed by atoms with van der Waals surface area (Å²) in [5.41, 5.74) is 0.635. The van der Waals surface area contributed by atoms with E-state index in [1.54, 1.807) is 19.9 Å². The number of hydrogen-bond acceptors (Lipinski definition) is 7. The van der Waals surface area contributed by atoms with Crippen molar-refractivity contribution in [3.05, 3.63) is 57.3 Å². The number of ether oxygens (including phenoxy) is 2. The van der Waals surface area contributed by atoms with Crippen molar-refractivity contribution in [2.24, 2.45) is 0 Å². The molecule has 10 nitrogen and oxygen atoms in total. The van der Waals surface area contributed by atoms with Crippen LogP contribution in [0.2, 0.25) is 0 Å². The summed E-state index contributed by atoms with van der Waals surface area (Å²) in [7, 11) is 0. The minimum Gasteiger partial charge on any atom is -0.463 e. The number of benzene rings is 1. The van der Waals surface area contributed by atoms with Gasteiger partial charge in [-0.1, -0.05) is 12.1 Å². The van der Waals surface area contributed by atoms with Crippen molar-refractivity contribution in [1.82, 2.24) is 10.6 Å². The van der Waals surface area contributed by atoms with Crippen LogP contribution in [-0.4, -0.2) is 42.1 Å². The minimum absolute atomic E-state index is 0.105. The summed E-state index contributed by atoms with van der Waals surface area (Å²) in [4.78, 5) is 45.9. The molecule has 1 atom stereocenters. The van der Waals surface area contributed by atoms with E-state index < -0.39 is 28.9 Å². The van der Waals surface area contributed by atoms with E-state index in [0.29, 0.717) is 5.56 Å². The van der Waals surface area contributed by atoms with Crippen LogP contribution >= 0.6 is 0 Å². The molecule has 0 aromatic heterocycles. The number of carbonyl (C=O) groups excluding carboxylic acids is 3. The van der Waals surface area contributed by atoms with Gasteiger partial charge in [0, 0.05) is 18.2 Å². The molecule has 0 fully saturated rings. The second kappa shape index (κ2) is 9.31. The van der Waals surface area contributed by atoms with Crippen molar-refractivity contribution in [3.8, 4) is 0 Å². The van der Waals surface area contributed by atoms with E-state index in [4.69, 9.17) is 9.47 Å². The Bertz CT molecular complexity index is 860. The molecule has 0 spiro atoms. The number of rotatable bonds is 7. The van der Waals surface area contributed by atoms with Crippen LogP contribution in [0.15, 0.2) is 41.6 Å². The lowest BCUT2D eigenvalue weighted by molar-refractivity contribution is -0.384. The summed E-state index contributed by atoms with van der Waals surface area (Å²) >= 11 is 0. The highest BCUT2D eigenvalue weighted by molar-refractivity contribution is 5.95. The van der Waals surface area contributed by atoms with E-state index in [9.17, 15) is 24.5 Å². The van der Waals surface area contributed by atoms with Gasteiger partial charge in [0.25, 0.3) is 5.69 Å². The Morgan fingerprint density at radius 1 is 1.32 bits per heavy atom. The van der Waals surface area contributed by atoms with Crippen molar-refractivity contribution >= 4 is 29.7 Å². The van der Waals surface area contributed by atoms with Crippen molar-refractivity contribution < 1.29 is 28.8 Å². The molecule has 1 aromatic carbocycles. The quantitative estimate of drug-likeness (QED) is 0.313. The zero-order valence-electron chi connectivity index (χ0n) is 15.3. The summed E-state index contributed by atoms with van der Waals surface area (Å²) in [5.74, 6) is -1.37. The highest BCUT2D eigenvalue weighted by Gasteiger charge is 2.30. The van der Waals surface area contributed by atoms with Gasteiger partial charge in [0.2, 0.25) is 0 Å². The van der Waals surface area contributed by atoms with Crippen molar-refractivity contribution in [2.75, 3.05) is 13.2 Å². The van der Waals surface area contributed by atoms with Gasteiger partial charge < -0.3 is 20.1 Å². The van der Waals surface area contributed by atoms with E-state index in [-0.39, 0.29) is 30.2 Å². The lowest BCUT2D eigenvalue weighted by Crippen LogP contribution is -2.50. The maximum absolute atomic E-state index is 12.1. The fourth-order valence-electron chi connectivity index (χ4n) is 2.49. The first kappa shape index (κ1) is 20.6. The highest BCUT2D eigenvalue weighted by Crippen LogP contribution is 2.16. The second-order valence-corrected chi connectivity index (χ2v) is 5.73. The number of amides is 2. The molecule has 2 N–H and O–H groups in total. The molecular formula is C18H19N3O7. The van der Waals surface area contributed by atoms with Crippen LogP contribution < -0.4 is 10.6 Å². The number of nitrogens with one attached hydrogen (secondary N) is 2. The van der Waals surface area contributed by atoms with Crippen LogP contribution in [0.1, 0.15) is 19.4 Å². The standard InChI is InChI=1S/C18H19N3O7/c1-3-27-17(23)16-11(2)19-18(24)20-14(16)10-28-15(22)8-7-12-5-4-6-13(9-12)21(25)26/h4-9,11H,3,10H2,1-2H3,(H2,19,20,24)/b8-7-/t11-/m1/s1. The zero-order chi connectivity index (χ0) is 20.7. The molecule has 2 amide bonds. The van der Waals surface area contributed by atoms with Gasteiger partial charge in [-0.05, 0) is 25.5 Å². The van der Waals surface area contributed by atoms with Crippen molar-refractivity contribution in [1.29, 1.82) is 0 Å². The molecule has 1 heterocycles. The number of hydrogen-bond donors (Lipinski definition) is 2. The third-order valence-corrected chi connectivity index (χ3v) is 3.72. The largest absolute Gasteiger partial charge is 0.463 e. The van der Waals surface area contributed by atoms with Gasteiger partial charge >= 0.3 is 18.0 Å². The van der Waals surface area contributed by atoms with E-state index >= 15 is 0 Å². The SMILES string of the molecule is CCOC(=O)C1=C(COC(=O)/C=C\c2cccc([N+](=O)[O-])c2)NC(=O)N[C@@H]1C. The summed E-state index contributed by atoms with van der Waals surface area (Å²) in [6.45, 7) is 3.07. The lowest BCUT2D eigenvalue weighted by atomic mass is 10.0.